The van der Waals surface area contributed by atoms with Gasteiger partial charge in [-0.1, -0.05) is 24.3 Å². The maximum absolute atomic E-state index is 13.9. The van der Waals surface area contributed by atoms with Crippen LogP contribution in [0.1, 0.15) is 11.1 Å². The molecule has 36 heavy (non-hydrogen) atoms. The van der Waals surface area contributed by atoms with E-state index in [1.165, 1.54) is 42.5 Å². The van der Waals surface area contributed by atoms with Crippen LogP contribution in [0.5, 0.6) is 5.75 Å². The van der Waals surface area contributed by atoms with Gasteiger partial charge in [0.25, 0.3) is 16.8 Å². The minimum atomic E-state index is -4.28. The molecule has 4 rings (SSSR count). The number of nitro benzene ring substituents is 1. The van der Waals surface area contributed by atoms with Crippen molar-refractivity contribution in [3.63, 3.8) is 0 Å². The molecule has 0 spiro atoms. The maximum Gasteiger partial charge on any atom is 0.339 e. The van der Waals surface area contributed by atoms with Gasteiger partial charge in [0.1, 0.15) is 10.7 Å². The van der Waals surface area contributed by atoms with Crippen molar-refractivity contribution < 1.29 is 31.5 Å². The molecule has 2 amide bonds. The number of rotatable bonds is 7. The van der Waals surface area contributed by atoms with Crippen molar-refractivity contribution in [1.29, 1.82) is 0 Å². The van der Waals surface area contributed by atoms with Crippen molar-refractivity contribution in [3.8, 4) is 5.75 Å². The fourth-order valence-corrected chi connectivity index (χ4v) is 5.53. The van der Waals surface area contributed by atoms with Gasteiger partial charge in [-0.3, -0.25) is 24.6 Å². The Morgan fingerprint density at radius 3 is 2.42 bits per heavy atom. The van der Waals surface area contributed by atoms with E-state index in [0.717, 1.165) is 29.2 Å². The first kappa shape index (κ1) is 25.5. The number of hydrogen-bond donors (Lipinski definition) is 0. The van der Waals surface area contributed by atoms with Crippen LogP contribution in [0.3, 0.4) is 0 Å². The van der Waals surface area contributed by atoms with E-state index in [1.54, 1.807) is 6.07 Å². The number of thioether (sulfide) groups is 1. The monoisotopic (exact) mass is 592 g/mol. The fourth-order valence-electron chi connectivity index (χ4n) is 3.16. The number of carbonyl (C=O) groups is 2. The first-order chi connectivity index (χ1) is 17.0. The largest absolute Gasteiger partial charge is 0.378 e. The molecule has 0 aliphatic carbocycles. The molecule has 1 fully saturated rings. The highest BCUT2D eigenvalue weighted by Crippen LogP contribution is 2.35. The van der Waals surface area contributed by atoms with Crippen molar-refractivity contribution >= 4 is 60.7 Å². The van der Waals surface area contributed by atoms with Crippen molar-refractivity contribution in [2.75, 3.05) is 0 Å². The topological polar surface area (TPSA) is 124 Å². The maximum atomic E-state index is 13.9. The summed E-state index contributed by atoms with van der Waals surface area (Å²) in [5, 5.41) is 10.2. The summed E-state index contributed by atoms with van der Waals surface area (Å²) in [5.41, 5.74) is 0.413. The lowest BCUT2D eigenvalue weighted by molar-refractivity contribution is -0.384. The standard InChI is InChI=1S/C23H14BrFN2O7S2/c24-18-11-14(5-10-20(18)34-36(32,33)17-8-6-16(7-9-17)27(30)31)12-21-22(28)26(23(29)35-21)13-15-3-1-2-4-19(15)25/h1-12H,13H2/b21-12-. The summed E-state index contributed by atoms with van der Waals surface area (Å²) < 4.78 is 44.4. The van der Waals surface area contributed by atoms with E-state index >= 15 is 0 Å². The van der Waals surface area contributed by atoms with Gasteiger partial charge in [0.15, 0.2) is 5.75 Å². The van der Waals surface area contributed by atoms with E-state index in [2.05, 4.69) is 15.9 Å². The number of nitrogens with zero attached hydrogens (tertiary/aromatic N) is 2. The van der Waals surface area contributed by atoms with E-state index in [4.69, 9.17) is 4.18 Å². The molecule has 1 aliphatic heterocycles. The molecule has 1 aliphatic rings. The van der Waals surface area contributed by atoms with Crippen LogP contribution in [-0.4, -0.2) is 29.4 Å². The first-order valence-electron chi connectivity index (χ1n) is 10.0. The van der Waals surface area contributed by atoms with E-state index in [-0.39, 0.29) is 37.8 Å². The zero-order valence-corrected chi connectivity index (χ0v) is 21.2. The van der Waals surface area contributed by atoms with Crippen LogP contribution < -0.4 is 4.18 Å². The van der Waals surface area contributed by atoms with Crippen LogP contribution in [-0.2, 0) is 21.5 Å². The van der Waals surface area contributed by atoms with Gasteiger partial charge >= 0.3 is 10.1 Å². The van der Waals surface area contributed by atoms with E-state index < -0.39 is 32.0 Å². The minimum absolute atomic E-state index is 0.0573. The van der Waals surface area contributed by atoms with Crippen LogP contribution in [0, 0.1) is 15.9 Å². The number of hydrogen-bond acceptors (Lipinski definition) is 8. The number of benzene rings is 3. The Kier molecular flexibility index (Phi) is 7.24. The number of imide groups is 1. The van der Waals surface area contributed by atoms with Gasteiger partial charge in [0, 0.05) is 17.7 Å². The Labute approximate surface area is 217 Å². The smallest absolute Gasteiger partial charge is 0.339 e. The fraction of sp³-hybridized carbons (Fsp3) is 0.0435. The quantitative estimate of drug-likeness (QED) is 0.152. The summed E-state index contributed by atoms with van der Waals surface area (Å²) in [6.07, 6.45) is 1.45. The lowest BCUT2D eigenvalue weighted by Crippen LogP contribution is -2.27. The highest BCUT2D eigenvalue weighted by Gasteiger charge is 2.35. The number of nitro groups is 1. The summed E-state index contributed by atoms with van der Waals surface area (Å²) in [5.74, 6) is -1.16. The van der Waals surface area contributed by atoms with Gasteiger partial charge < -0.3 is 4.18 Å². The van der Waals surface area contributed by atoms with Crippen LogP contribution in [0.2, 0.25) is 0 Å². The number of carbonyl (C=O) groups excluding carboxylic acids is 2. The lowest BCUT2D eigenvalue weighted by atomic mass is 10.2. The summed E-state index contributed by atoms with van der Waals surface area (Å²) in [6, 6.07) is 14.4. The molecule has 0 atom stereocenters. The zero-order chi connectivity index (χ0) is 26.0. The lowest BCUT2D eigenvalue weighted by Gasteiger charge is -2.12. The second kappa shape index (κ2) is 10.2. The Balaban J connectivity index is 1.51. The third-order valence-corrected chi connectivity index (χ3v) is 7.72. The predicted octanol–water partition coefficient (Wildman–Crippen LogP) is 5.50. The van der Waals surface area contributed by atoms with Gasteiger partial charge in [-0.2, -0.15) is 8.42 Å². The van der Waals surface area contributed by atoms with Gasteiger partial charge in [-0.25, -0.2) is 4.39 Å². The van der Waals surface area contributed by atoms with Gasteiger partial charge in [-0.05, 0) is 69.7 Å². The van der Waals surface area contributed by atoms with Crippen molar-refractivity contribution in [3.05, 3.63) is 103 Å². The molecule has 0 N–H and O–H groups in total. The zero-order valence-electron chi connectivity index (χ0n) is 18.0. The highest BCUT2D eigenvalue weighted by atomic mass is 79.9. The SMILES string of the molecule is O=C1S/C(=C\c2ccc(OS(=O)(=O)c3ccc([N+](=O)[O-])cc3)c(Br)c2)C(=O)N1Cc1ccccc1F. The Hall–Kier alpha value is -3.55. The average Bonchev–Trinajstić information content (AvgIpc) is 3.09. The third kappa shape index (κ3) is 5.48. The summed E-state index contributed by atoms with van der Waals surface area (Å²) in [6.45, 7) is -0.203. The normalized spacial score (nSPS) is 14.9. The molecular weight excluding hydrogens is 579 g/mol. The molecule has 13 heteroatoms. The van der Waals surface area contributed by atoms with Crippen molar-refractivity contribution in [2.45, 2.75) is 11.4 Å². The second-order valence-corrected chi connectivity index (χ2v) is 10.7. The molecule has 3 aromatic carbocycles. The van der Waals surface area contributed by atoms with Gasteiger partial charge in [0.05, 0.1) is 20.8 Å². The summed E-state index contributed by atoms with van der Waals surface area (Å²) in [7, 11) is -4.28. The molecule has 0 unspecified atom stereocenters. The number of halogens is 2. The predicted molar refractivity (Wildman–Crippen MR) is 133 cm³/mol. The van der Waals surface area contributed by atoms with Gasteiger partial charge in [0.2, 0.25) is 0 Å². The average molecular weight is 593 g/mol. The molecule has 1 saturated heterocycles. The van der Waals surface area contributed by atoms with Crippen LogP contribution in [0.4, 0.5) is 14.9 Å². The number of non-ortho nitro benzene ring substituents is 1. The van der Waals surface area contributed by atoms with E-state index in [1.807, 2.05) is 0 Å². The van der Waals surface area contributed by atoms with Crippen LogP contribution in [0.15, 0.2) is 81.0 Å². The summed E-state index contributed by atoms with van der Waals surface area (Å²) >= 11 is 3.93. The van der Waals surface area contributed by atoms with Crippen molar-refractivity contribution in [1.82, 2.24) is 4.90 Å². The highest BCUT2D eigenvalue weighted by molar-refractivity contribution is 9.10. The molecular formula is C23H14BrFN2O7S2. The second-order valence-electron chi connectivity index (χ2n) is 7.34. The van der Waals surface area contributed by atoms with Crippen LogP contribution in [0.25, 0.3) is 6.08 Å². The first-order valence-corrected chi connectivity index (χ1v) is 13.0. The molecule has 1 heterocycles. The van der Waals surface area contributed by atoms with E-state index in [9.17, 15) is 32.5 Å². The molecule has 0 bridgehead atoms. The molecule has 0 radical (unpaired) electrons. The Morgan fingerprint density at radius 1 is 1.08 bits per heavy atom. The summed E-state index contributed by atoms with van der Waals surface area (Å²) in [4.78, 5) is 36.0. The molecule has 9 nitrogen and oxygen atoms in total. The van der Waals surface area contributed by atoms with Crippen molar-refractivity contribution in [2.24, 2.45) is 0 Å². The third-order valence-electron chi connectivity index (χ3n) is 4.95. The molecule has 3 aromatic rings. The molecule has 0 aromatic heterocycles. The van der Waals surface area contributed by atoms with Gasteiger partial charge in [-0.15, -0.1) is 0 Å². The Morgan fingerprint density at radius 2 is 1.78 bits per heavy atom. The molecule has 0 saturated carbocycles. The van der Waals surface area contributed by atoms with E-state index in [0.29, 0.717) is 17.3 Å². The van der Waals surface area contributed by atoms with Crippen LogP contribution >= 0.6 is 27.7 Å². The Bertz CT molecular complexity index is 1530. The minimum Gasteiger partial charge on any atom is -0.378 e. The number of amides is 2. The molecule has 184 valence electrons.